The van der Waals surface area contributed by atoms with Crippen molar-refractivity contribution in [2.24, 2.45) is 0 Å². The van der Waals surface area contributed by atoms with Crippen molar-refractivity contribution in [2.75, 3.05) is 6.61 Å². The lowest BCUT2D eigenvalue weighted by Gasteiger charge is -2.15. The summed E-state index contributed by atoms with van der Waals surface area (Å²) in [5, 5.41) is 0.514. The molecule has 3 aromatic rings. The van der Waals surface area contributed by atoms with Crippen LogP contribution in [-0.4, -0.2) is 11.0 Å². The lowest BCUT2D eigenvalue weighted by Crippen LogP contribution is -2.02. The maximum absolute atomic E-state index is 6.41. The Morgan fingerprint density at radius 3 is 2.48 bits per heavy atom. The van der Waals surface area contributed by atoms with E-state index in [0.29, 0.717) is 18.4 Å². The molecule has 0 aliphatic rings. The van der Waals surface area contributed by atoms with E-state index in [1.54, 1.807) is 0 Å². The third kappa shape index (κ3) is 5.69. The van der Waals surface area contributed by atoms with Gasteiger partial charge in [0, 0.05) is 12.0 Å². The second kappa shape index (κ2) is 10.8. The number of hydrogen-bond donors (Lipinski definition) is 0. The quantitative estimate of drug-likeness (QED) is 0.293. The largest absolute Gasteiger partial charge is 0.499 e. The van der Waals surface area contributed by atoms with Gasteiger partial charge in [-0.1, -0.05) is 55.4 Å². The zero-order chi connectivity index (χ0) is 22.4. The number of hydrogen-bond acceptors (Lipinski definition) is 4. The first-order valence-electron chi connectivity index (χ1n) is 10.7. The van der Waals surface area contributed by atoms with E-state index in [4.69, 9.17) is 21.1 Å². The van der Waals surface area contributed by atoms with Gasteiger partial charge in [0.2, 0.25) is 0 Å². The van der Waals surface area contributed by atoms with Crippen LogP contribution >= 0.6 is 23.1 Å². The maximum Gasteiger partial charge on any atom is 0.150 e. The molecule has 5 heteroatoms. The molecule has 1 heterocycles. The summed E-state index contributed by atoms with van der Waals surface area (Å²) in [4.78, 5) is 1.06. The van der Waals surface area contributed by atoms with Crippen molar-refractivity contribution in [1.82, 2.24) is 4.37 Å². The highest BCUT2D eigenvalue weighted by atomic mass is 35.5. The second-order valence-electron chi connectivity index (χ2n) is 7.56. The zero-order valence-electron chi connectivity index (χ0n) is 18.8. The van der Waals surface area contributed by atoms with Crippen LogP contribution in [0, 0.1) is 13.8 Å². The summed E-state index contributed by atoms with van der Waals surface area (Å²) in [6.45, 7) is 13.4. The van der Waals surface area contributed by atoms with Crippen LogP contribution in [0.2, 0.25) is 5.15 Å². The molecule has 0 amide bonds. The van der Waals surface area contributed by atoms with E-state index in [0.717, 1.165) is 52.3 Å². The predicted molar refractivity (Wildman–Crippen MR) is 131 cm³/mol. The molecule has 0 aliphatic carbocycles. The van der Waals surface area contributed by atoms with Crippen LogP contribution in [0.4, 0.5) is 0 Å². The van der Waals surface area contributed by atoms with E-state index in [9.17, 15) is 0 Å². The fourth-order valence-corrected chi connectivity index (χ4v) is 4.61. The number of aromatic nitrogens is 1. The topological polar surface area (TPSA) is 31.4 Å². The van der Waals surface area contributed by atoms with Crippen LogP contribution in [0.25, 0.3) is 10.4 Å². The average molecular weight is 456 g/mol. The van der Waals surface area contributed by atoms with Crippen molar-refractivity contribution in [3.63, 3.8) is 0 Å². The monoisotopic (exact) mass is 455 g/mol. The number of rotatable bonds is 10. The molecule has 3 rings (SSSR count). The van der Waals surface area contributed by atoms with Crippen molar-refractivity contribution >= 4 is 23.1 Å². The van der Waals surface area contributed by atoms with Crippen molar-refractivity contribution in [3.05, 3.63) is 81.7 Å². The highest BCUT2D eigenvalue weighted by Gasteiger charge is 2.16. The third-order valence-corrected chi connectivity index (χ3v) is 6.96. The van der Waals surface area contributed by atoms with Crippen LogP contribution in [0.15, 0.2) is 48.7 Å². The molecule has 3 nitrogen and oxygen atoms in total. The number of halogens is 1. The normalized spacial score (nSPS) is 10.9. The van der Waals surface area contributed by atoms with Gasteiger partial charge in [0.05, 0.1) is 17.2 Å². The first-order chi connectivity index (χ1) is 14.9. The molecule has 0 bridgehead atoms. The van der Waals surface area contributed by atoms with Crippen LogP contribution in [0.1, 0.15) is 48.1 Å². The average Bonchev–Trinajstić information content (AvgIpc) is 3.14. The van der Waals surface area contributed by atoms with E-state index < -0.39 is 0 Å². The fourth-order valence-electron chi connectivity index (χ4n) is 3.51. The van der Waals surface area contributed by atoms with Crippen molar-refractivity contribution in [2.45, 2.75) is 53.6 Å². The Morgan fingerprint density at radius 2 is 1.81 bits per heavy atom. The molecule has 0 spiro atoms. The van der Waals surface area contributed by atoms with Gasteiger partial charge in [0.25, 0.3) is 0 Å². The smallest absolute Gasteiger partial charge is 0.150 e. The fraction of sp³-hybridized carbons (Fsp3) is 0.346. The summed E-state index contributed by atoms with van der Waals surface area (Å²) in [7, 11) is 0. The van der Waals surface area contributed by atoms with Gasteiger partial charge in [0.1, 0.15) is 17.5 Å². The Morgan fingerprint density at radius 1 is 1.06 bits per heavy atom. The Balaban J connectivity index is 1.73. The van der Waals surface area contributed by atoms with Gasteiger partial charge in [-0.15, -0.1) is 0 Å². The third-order valence-electron chi connectivity index (χ3n) is 5.61. The summed E-state index contributed by atoms with van der Waals surface area (Å²) in [5.74, 6) is 1.71. The molecular formula is C26H30ClNO2S. The van der Waals surface area contributed by atoms with Gasteiger partial charge in [0.15, 0.2) is 0 Å². The van der Waals surface area contributed by atoms with Gasteiger partial charge in [-0.2, -0.15) is 4.37 Å². The Hall–Kier alpha value is -2.30. The summed E-state index contributed by atoms with van der Waals surface area (Å²) in [6, 6.07) is 12.7. The van der Waals surface area contributed by atoms with E-state index >= 15 is 0 Å². The number of nitrogens with zero attached hydrogens (tertiary/aromatic N) is 1. The highest BCUT2D eigenvalue weighted by molar-refractivity contribution is 7.10. The summed E-state index contributed by atoms with van der Waals surface area (Å²) < 4.78 is 16.0. The zero-order valence-corrected chi connectivity index (χ0v) is 20.3. The van der Waals surface area contributed by atoms with Crippen molar-refractivity contribution in [1.29, 1.82) is 0 Å². The molecule has 0 N–H and O–H groups in total. The van der Waals surface area contributed by atoms with E-state index in [-0.39, 0.29) is 0 Å². The molecule has 0 fully saturated rings. The van der Waals surface area contributed by atoms with E-state index in [1.165, 1.54) is 28.2 Å². The standard InChI is InChI=1S/C26H30ClNO2S/c1-6-20-9-12-22(13-10-20)25-23(26(27)28-31-25)16-30-24-15-14-21(18(4)19(24)5)11-8-17(3)29-7-2/h9-10,12-15H,3,6-8,11,16H2,1-2,4-5H3. The minimum atomic E-state index is 0.390. The summed E-state index contributed by atoms with van der Waals surface area (Å²) in [6.07, 6.45) is 2.75. The lowest BCUT2D eigenvalue weighted by molar-refractivity contribution is 0.220. The molecule has 0 saturated carbocycles. The Labute approximate surface area is 194 Å². The number of benzene rings is 2. The van der Waals surface area contributed by atoms with Gasteiger partial charge in [-0.25, -0.2) is 0 Å². The molecule has 0 unspecified atom stereocenters. The SMILES string of the molecule is C=C(CCc1ccc(OCc2c(Cl)nsc2-c2ccc(CC)cc2)c(C)c1C)OCC. The van der Waals surface area contributed by atoms with Crippen molar-refractivity contribution < 1.29 is 9.47 Å². The number of ether oxygens (including phenoxy) is 2. The molecule has 31 heavy (non-hydrogen) atoms. The molecule has 1 aromatic heterocycles. The van der Waals surface area contributed by atoms with Crippen LogP contribution < -0.4 is 4.74 Å². The predicted octanol–water partition coefficient (Wildman–Crippen LogP) is 7.70. The molecule has 0 saturated heterocycles. The minimum Gasteiger partial charge on any atom is -0.499 e. The molecule has 2 aromatic carbocycles. The highest BCUT2D eigenvalue weighted by Crippen LogP contribution is 2.35. The molecule has 0 radical (unpaired) electrons. The van der Waals surface area contributed by atoms with Gasteiger partial charge in [-0.05, 0) is 79.0 Å². The van der Waals surface area contributed by atoms with Gasteiger partial charge >= 0.3 is 0 Å². The second-order valence-corrected chi connectivity index (χ2v) is 8.70. The molecule has 0 atom stereocenters. The van der Waals surface area contributed by atoms with E-state index in [1.807, 2.05) is 13.0 Å². The lowest BCUT2D eigenvalue weighted by atomic mass is 9.98. The van der Waals surface area contributed by atoms with Gasteiger partial charge in [-0.3, -0.25) is 0 Å². The van der Waals surface area contributed by atoms with Crippen LogP contribution in [0.3, 0.4) is 0 Å². The molecule has 164 valence electrons. The number of aryl methyl sites for hydroxylation is 2. The Bertz CT molecular complexity index is 1040. The molecule has 0 aliphatic heterocycles. The van der Waals surface area contributed by atoms with E-state index in [2.05, 4.69) is 62.1 Å². The first-order valence-corrected chi connectivity index (χ1v) is 11.9. The minimum absolute atomic E-state index is 0.390. The summed E-state index contributed by atoms with van der Waals surface area (Å²) >= 11 is 7.83. The number of allylic oxidation sites excluding steroid dienone is 1. The first kappa shape index (κ1) is 23.4. The van der Waals surface area contributed by atoms with Crippen LogP contribution in [0.5, 0.6) is 5.75 Å². The molecular weight excluding hydrogens is 426 g/mol. The van der Waals surface area contributed by atoms with Crippen molar-refractivity contribution in [3.8, 4) is 16.2 Å². The maximum atomic E-state index is 6.41. The Kier molecular flexibility index (Phi) is 8.16. The van der Waals surface area contributed by atoms with Crippen LogP contribution in [-0.2, 0) is 24.2 Å². The van der Waals surface area contributed by atoms with Gasteiger partial charge < -0.3 is 9.47 Å². The summed E-state index contributed by atoms with van der Waals surface area (Å²) in [5.41, 5.74) is 7.05.